The molecule has 0 spiro atoms. The summed E-state index contributed by atoms with van der Waals surface area (Å²) in [6, 6.07) is 4.63. The van der Waals surface area contributed by atoms with Crippen molar-refractivity contribution in [2.24, 2.45) is 11.7 Å². The Morgan fingerprint density at radius 3 is 3.12 bits per heavy atom. The van der Waals surface area contributed by atoms with Gasteiger partial charge in [0, 0.05) is 24.6 Å². The summed E-state index contributed by atoms with van der Waals surface area (Å²) in [4.78, 5) is 3.75. The fourth-order valence-electron chi connectivity index (χ4n) is 2.48. The maximum absolute atomic E-state index is 5.90. The highest BCUT2D eigenvalue weighted by molar-refractivity contribution is 7.10. The van der Waals surface area contributed by atoms with Crippen LogP contribution in [0.25, 0.3) is 0 Å². The van der Waals surface area contributed by atoms with E-state index in [2.05, 4.69) is 29.5 Å². The summed E-state index contributed by atoms with van der Waals surface area (Å²) in [5, 5.41) is 2.12. The first-order chi connectivity index (χ1) is 8.31. The Labute approximate surface area is 108 Å². The number of thiophene rings is 1. The molecule has 2 N–H and O–H groups in total. The molecule has 3 nitrogen and oxygen atoms in total. The first-order valence-electron chi connectivity index (χ1n) is 6.32. The summed E-state index contributed by atoms with van der Waals surface area (Å²) in [6.45, 7) is 3.61. The fourth-order valence-corrected chi connectivity index (χ4v) is 3.38. The van der Waals surface area contributed by atoms with Crippen molar-refractivity contribution in [3.8, 4) is 0 Å². The standard InChI is InChI=1S/C13H22N2OS/c1-15(9-11-4-2-6-16-10-11)12(8-14)13-5-3-7-17-13/h3,5,7,11-12H,2,4,6,8-10,14H2,1H3. The normalized spacial score (nSPS) is 22.9. The minimum absolute atomic E-state index is 0.358. The third kappa shape index (κ3) is 3.52. The van der Waals surface area contributed by atoms with E-state index in [9.17, 15) is 0 Å². The summed E-state index contributed by atoms with van der Waals surface area (Å²) < 4.78 is 5.53. The molecular formula is C13H22N2OS. The van der Waals surface area contributed by atoms with Gasteiger partial charge in [0.2, 0.25) is 0 Å². The summed E-state index contributed by atoms with van der Waals surface area (Å²) in [5.74, 6) is 0.669. The highest BCUT2D eigenvalue weighted by atomic mass is 32.1. The molecule has 2 unspecified atom stereocenters. The number of nitrogens with two attached hydrogens (primary N) is 1. The van der Waals surface area contributed by atoms with Crippen LogP contribution >= 0.6 is 11.3 Å². The van der Waals surface area contributed by atoms with Crippen LogP contribution in [-0.2, 0) is 4.74 Å². The molecule has 96 valence electrons. The third-order valence-electron chi connectivity index (χ3n) is 3.43. The van der Waals surface area contributed by atoms with Crippen molar-refractivity contribution in [1.82, 2.24) is 4.90 Å². The average molecular weight is 254 g/mol. The van der Waals surface area contributed by atoms with Crippen molar-refractivity contribution in [3.05, 3.63) is 22.4 Å². The summed E-state index contributed by atoms with van der Waals surface area (Å²) in [7, 11) is 2.17. The van der Waals surface area contributed by atoms with E-state index in [1.165, 1.54) is 17.7 Å². The van der Waals surface area contributed by atoms with E-state index in [4.69, 9.17) is 10.5 Å². The van der Waals surface area contributed by atoms with Gasteiger partial charge in [-0.2, -0.15) is 0 Å². The fraction of sp³-hybridized carbons (Fsp3) is 0.692. The lowest BCUT2D eigenvalue weighted by molar-refractivity contribution is 0.0367. The Morgan fingerprint density at radius 1 is 1.65 bits per heavy atom. The number of hydrogen-bond acceptors (Lipinski definition) is 4. The second kappa shape index (κ2) is 6.50. The molecule has 0 saturated carbocycles. The van der Waals surface area contributed by atoms with Crippen molar-refractivity contribution in [2.75, 3.05) is 33.4 Å². The lowest BCUT2D eigenvalue weighted by Crippen LogP contribution is -2.36. The zero-order valence-corrected chi connectivity index (χ0v) is 11.3. The van der Waals surface area contributed by atoms with E-state index in [1.54, 1.807) is 11.3 Å². The molecular weight excluding hydrogens is 232 g/mol. The average Bonchev–Trinajstić information content (AvgIpc) is 2.85. The van der Waals surface area contributed by atoms with E-state index >= 15 is 0 Å². The molecule has 2 atom stereocenters. The third-order valence-corrected chi connectivity index (χ3v) is 4.40. The highest BCUT2D eigenvalue weighted by Gasteiger charge is 2.21. The molecule has 0 amide bonds. The molecule has 2 rings (SSSR count). The minimum Gasteiger partial charge on any atom is -0.381 e. The Morgan fingerprint density at radius 2 is 2.53 bits per heavy atom. The van der Waals surface area contributed by atoms with E-state index in [-0.39, 0.29) is 0 Å². The van der Waals surface area contributed by atoms with Crippen LogP contribution in [0.15, 0.2) is 17.5 Å². The van der Waals surface area contributed by atoms with Gasteiger partial charge in [-0.3, -0.25) is 4.90 Å². The van der Waals surface area contributed by atoms with E-state index in [0.717, 1.165) is 19.8 Å². The zero-order chi connectivity index (χ0) is 12.1. The van der Waals surface area contributed by atoms with Crippen molar-refractivity contribution >= 4 is 11.3 Å². The Kier molecular flexibility index (Phi) is 4.98. The molecule has 1 fully saturated rings. The molecule has 0 bridgehead atoms. The largest absolute Gasteiger partial charge is 0.381 e. The van der Waals surface area contributed by atoms with Gasteiger partial charge in [0.05, 0.1) is 12.6 Å². The molecule has 1 aliphatic heterocycles. The Balaban J connectivity index is 1.90. The molecule has 1 aromatic rings. The van der Waals surface area contributed by atoms with Crippen LogP contribution in [0, 0.1) is 5.92 Å². The SMILES string of the molecule is CN(CC1CCCOC1)C(CN)c1cccs1. The van der Waals surface area contributed by atoms with Crippen molar-refractivity contribution in [3.63, 3.8) is 0 Å². The van der Waals surface area contributed by atoms with Crippen molar-refractivity contribution in [1.29, 1.82) is 0 Å². The lowest BCUT2D eigenvalue weighted by atomic mass is 10.0. The quantitative estimate of drug-likeness (QED) is 0.874. The highest BCUT2D eigenvalue weighted by Crippen LogP contribution is 2.25. The van der Waals surface area contributed by atoms with E-state index in [1.807, 2.05) is 0 Å². The smallest absolute Gasteiger partial charge is 0.0561 e. The summed E-state index contributed by atoms with van der Waals surface area (Å²) in [5.41, 5.74) is 5.90. The maximum atomic E-state index is 5.90. The van der Waals surface area contributed by atoms with Gasteiger partial charge < -0.3 is 10.5 Å². The van der Waals surface area contributed by atoms with Gasteiger partial charge >= 0.3 is 0 Å². The predicted molar refractivity (Wildman–Crippen MR) is 72.3 cm³/mol. The van der Waals surface area contributed by atoms with Gasteiger partial charge in [0.25, 0.3) is 0 Å². The Bertz CT molecular complexity index is 309. The number of hydrogen-bond donors (Lipinski definition) is 1. The first kappa shape index (κ1) is 13.0. The van der Waals surface area contributed by atoms with Gasteiger partial charge in [0.1, 0.15) is 0 Å². The summed E-state index contributed by atoms with van der Waals surface area (Å²) >= 11 is 1.79. The van der Waals surface area contributed by atoms with E-state index in [0.29, 0.717) is 18.5 Å². The van der Waals surface area contributed by atoms with Crippen molar-refractivity contribution in [2.45, 2.75) is 18.9 Å². The molecule has 4 heteroatoms. The first-order valence-corrected chi connectivity index (χ1v) is 7.20. The van der Waals surface area contributed by atoms with Gasteiger partial charge in [-0.25, -0.2) is 0 Å². The van der Waals surface area contributed by atoms with Gasteiger partial charge in [-0.15, -0.1) is 11.3 Å². The molecule has 1 aromatic heterocycles. The van der Waals surface area contributed by atoms with Crippen LogP contribution in [0.1, 0.15) is 23.8 Å². The monoisotopic (exact) mass is 254 g/mol. The van der Waals surface area contributed by atoms with Gasteiger partial charge in [-0.1, -0.05) is 6.07 Å². The van der Waals surface area contributed by atoms with Crippen LogP contribution in [0.2, 0.25) is 0 Å². The van der Waals surface area contributed by atoms with Crippen LogP contribution in [0.5, 0.6) is 0 Å². The summed E-state index contributed by atoms with van der Waals surface area (Å²) in [6.07, 6.45) is 2.48. The van der Waals surface area contributed by atoms with Gasteiger partial charge in [0.15, 0.2) is 0 Å². The van der Waals surface area contributed by atoms with Crippen LogP contribution in [-0.4, -0.2) is 38.3 Å². The molecule has 17 heavy (non-hydrogen) atoms. The molecule has 1 aliphatic rings. The number of ether oxygens (including phenoxy) is 1. The van der Waals surface area contributed by atoms with Crippen LogP contribution in [0.4, 0.5) is 0 Å². The van der Waals surface area contributed by atoms with Crippen molar-refractivity contribution < 1.29 is 4.74 Å². The number of rotatable bonds is 5. The van der Waals surface area contributed by atoms with Crippen LogP contribution < -0.4 is 5.73 Å². The molecule has 1 saturated heterocycles. The molecule has 0 aliphatic carbocycles. The van der Waals surface area contributed by atoms with E-state index < -0.39 is 0 Å². The molecule has 0 radical (unpaired) electrons. The zero-order valence-electron chi connectivity index (χ0n) is 10.5. The Hall–Kier alpha value is -0.420. The second-order valence-electron chi connectivity index (χ2n) is 4.79. The maximum Gasteiger partial charge on any atom is 0.0561 e. The molecule has 2 heterocycles. The minimum atomic E-state index is 0.358. The van der Waals surface area contributed by atoms with Gasteiger partial charge in [-0.05, 0) is 37.3 Å². The van der Waals surface area contributed by atoms with Crippen LogP contribution in [0.3, 0.4) is 0 Å². The predicted octanol–water partition coefficient (Wildman–Crippen LogP) is 2.11. The second-order valence-corrected chi connectivity index (χ2v) is 5.77. The number of nitrogens with zero attached hydrogens (tertiary/aromatic N) is 1. The topological polar surface area (TPSA) is 38.5 Å². The lowest BCUT2D eigenvalue weighted by Gasteiger charge is -2.31. The number of likely N-dealkylation sites (N-methyl/N-ethyl adjacent to an activating group) is 1. The molecule has 0 aromatic carbocycles.